The second-order valence-corrected chi connectivity index (χ2v) is 4.75. The summed E-state index contributed by atoms with van der Waals surface area (Å²) in [4.78, 5) is 12.8. The minimum Gasteiger partial charge on any atom is -0.481 e. The minimum absolute atomic E-state index is 0. The number of hydrogen-bond acceptors (Lipinski definition) is 3. The predicted molar refractivity (Wildman–Crippen MR) is 71.4 cm³/mol. The van der Waals surface area contributed by atoms with E-state index in [0.29, 0.717) is 26.1 Å². The molecular formula is C13H15ClF3NO3. The van der Waals surface area contributed by atoms with Crippen LogP contribution in [0.3, 0.4) is 0 Å². The first-order valence-electron chi connectivity index (χ1n) is 6.13. The summed E-state index contributed by atoms with van der Waals surface area (Å²) < 4.78 is 39.8. The number of hydrogen-bond donors (Lipinski definition) is 1. The lowest BCUT2D eigenvalue weighted by molar-refractivity contribution is -0.274. The van der Waals surface area contributed by atoms with Gasteiger partial charge in [-0.05, 0) is 30.7 Å². The Hall–Kier alpha value is -1.47. The van der Waals surface area contributed by atoms with Crippen LogP contribution in [-0.4, -0.2) is 35.4 Å². The van der Waals surface area contributed by atoms with Gasteiger partial charge in [0.15, 0.2) is 0 Å². The fourth-order valence-corrected chi connectivity index (χ4v) is 2.23. The largest absolute Gasteiger partial charge is 0.573 e. The highest BCUT2D eigenvalue weighted by Crippen LogP contribution is 2.24. The van der Waals surface area contributed by atoms with E-state index in [1.54, 1.807) is 12.1 Å². The van der Waals surface area contributed by atoms with Gasteiger partial charge in [0.25, 0.3) is 0 Å². The van der Waals surface area contributed by atoms with E-state index in [1.807, 2.05) is 4.90 Å². The fourth-order valence-electron chi connectivity index (χ4n) is 2.23. The zero-order chi connectivity index (χ0) is 14.8. The van der Waals surface area contributed by atoms with Crippen LogP contribution in [-0.2, 0) is 11.3 Å². The number of carbonyl (C=O) groups is 1. The Kier molecular flexibility index (Phi) is 5.86. The van der Waals surface area contributed by atoms with E-state index < -0.39 is 12.3 Å². The Labute approximate surface area is 125 Å². The number of alkyl halides is 3. The van der Waals surface area contributed by atoms with Crippen LogP contribution >= 0.6 is 12.4 Å². The van der Waals surface area contributed by atoms with Crippen LogP contribution < -0.4 is 4.74 Å². The number of carboxylic acids is 1. The summed E-state index contributed by atoms with van der Waals surface area (Å²) in [5, 5.41) is 8.89. The van der Waals surface area contributed by atoms with E-state index in [-0.39, 0.29) is 24.1 Å². The minimum atomic E-state index is -4.69. The molecular weight excluding hydrogens is 311 g/mol. The number of benzene rings is 1. The monoisotopic (exact) mass is 325 g/mol. The van der Waals surface area contributed by atoms with Crippen molar-refractivity contribution in [1.29, 1.82) is 0 Å². The third-order valence-corrected chi connectivity index (χ3v) is 3.18. The molecule has 0 spiro atoms. The molecule has 1 unspecified atom stereocenters. The van der Waals surface area contributed by atoms with Crippen LogP contribution in [0.2, 0.25) is 0 Å². The zero-order valence-corrected chi connectivity index (χ0v) is 11.8. The summed E-state index contributed by atoms with van der Waals surface area (Å²) in [6.45, 7) is 1.67. The lowest BCUT2D eigenvalue weighted by atomic mass is 10.1. The van der Waals surface area contributed by atoms with Gasteiger partial charge >= 0.3 is 12.3 Å². The third-order valence-electron chi connectivity index (χ3n) is 3.18. The van der Waals surface area contributed by atoms with Crippen molar-refractivity contribution in [3.8, 4) is 5.75 Å². The highest BCUT2D eigenvalue weighted by atomic mass is 35.5. The summed E-state index contributed by atoms with van der Waals surface area (Å²) in [5.41, 5.74) is 0.825. The van der Waals surface area contributed by atoms with E-state index in [4.69, 9.17) is 5.11 Å². The highest BCUT2D eigenvalue weighted by Gasteiger charge is 2.31. The van der Waals surface area contributed by atoms with Gasteiger partial charge in [-0.1, -0.05) is 12.1 Å². The second kappa shape index (κ2) is 7.00. The van der Waals surface area contributed by atoms with Gasteiger partial charge in [0.2, 0.25) is 0 Å². The van der Waals surface area contributed by atoms with Gasteiger partial charge in [-0.15, -0.1) is 25.6 Å². The van der Waals surface area contributed by atoms with Crippen LogP contribution in [0.25, 0.3) is 0 Å². The maximum atomic E-state index is 12.0. The van der Waals surface area contributed by atoms with Crippen molar-refractivity contribution in [2.24, 2.45) is 5.92 Å². The first-order chi connectivity index (χ1) is 9.33. The number of halogens is 4. The van der Waals surface area contributed by atoms with Crippen LogP contribution in [0, 0.1) is 5.92 Å². The van der Waals surface area contributed by atoms with Crippen molar-refractivity contribution in [3.63, 3.8) is 0 Å². The molecule has 0 saturated carbocycles. The summed E-state index contributed by atoms with van der Waals surface area (Å²) in [5.74, 6) is -1.42. The molecule has 1 N–H and O–H groups in total. The molecule has 0 aliphatic carbocycles. The smallest absolute Gasteiger partial charge is 0.481 e. The molecule has 8 heteroatoms. The Morgan fingerprint density at radius 2 is 1.95 bits per heavy atom. The molecule has 1 aromatic carbocycles. The molecule has 0 radical (unpaired) electrons. The number of likely N-dealkylation sites (tertiary alicyclic amines) is 1. The lowest BCUT2D eigenvalue weighted by Crippen LogP contribution is -2.22. The van der Waals surface area contributed by atoms with Crippen molar-refractivity contribution < 1.29 is 27.8 Å². The van der Waals surface area contributed by atoms with Crippen LogP contribution in [0.15, 0.2) is 24.3 Å². The molecule has 4 nitrogen and oxygen atoms in total. The lowest BCUT2D eigenvalue weighted by Gasteiger charge is -2.15. The average Bonchev–Trinajstić information content (AvgIpc) is 2.78. The normalized spacial score (nSPS) is 19.1. The first kappa shape index (κ1) is 17.6. The van der Waals surface area contributed by atoms with Gasteiger partial charge in [-0.2, -0.15) is 0 Å². The Balaban J connectivity index is 0.00000220. The number of nitrogens with zero attached hydrogens (tertiary/aromatic N) is 1. The molecule has 1 fully saturated rings. The predicted octanol–water partition coefficient (Wildman–Crippen LogP) is 2.91. The number of carboxylic acid groups (broad SMARTS) is 1. The second-order valence-electron chi connectivity index (χ2n) is 4.75. The molecule has 1 aliphatic heterocycles. The summed E-state index contributed by atoms with van der Waals surface area (Å²) in [7, 11) is 0. The molecule has 1 saturated heterocycles. The number of aliphatic carboxylic acids is 1. The Morgan fingerprint density at radius 3 is 2.43 bits per heavy atom. The summed E-state index contributed by atoms with van der Waals surface area (Å²) in [6.07, 6.45) is -4.09. The van der Waals surface area contributed by atoms with Crippen LogP contribution in [0.4, 0.5) is 13.2 Å². The van der Waals surface area contributed by atoms with Crippen LogP contribution in [0.5, 0.6) is 5.75 Å². The molecule has 0 amide bonds. The molecule has 1 atom stereocenters. The molecule has 1 aliphatic rings. The van der Waals surface area contributed by atoms with Crippen molar-refractivity contribution in [2.45, 2.75) is 19.3 Å². The van der Waals surface area contributed by atoms with Crippen molar-refractivity contribution in [2.75, 3.05) is 13.1 Å². The first-order valence-corrected chi connectivity index (χ1v) is 6.13. The van der Waals surface area contributed by atoms with Gasteiger partial charge in [-0.3, -0.25) is 9.69 Å². The zero-order valence-electron chi connectivity index (χ0n) is 11.0. The quantitative estimate of drug-likeness (QED) is 0.924. The van der Waals surface area contributed by atoms with E-state index in [9.17, 15) is 18.0 Å². The molecule has 2 rings (SSSR count). The van der Waals surface area contributed by atoms with Crippen molar-refractivity contribution in [1.82, 2.24) is 4.90 Å². The third kappa shape index (κ3) is 5.43. The average molecular weight is 326 g/mol. The summed E-state index contributed by atoms with van der Waals surface area (Å²) >= 11 is 0. The highest BCUT2D eigenvalue weighted by molar-refractivity contribution is 5.85. The van der Waals surface area contributed by atoms with Gasteiger partial charge in [0, 0.05) is 13.1 Å². The van der Waals surface area contributed by atoms with Crippen molar-refractivity contribution in [3.05, 3.63) is 29.8 Å². The van der Waals surface area contributed by atoms with E-state index in [1.165, 1.54) is 12.1 Å². The van der Waals surface area contributed by atoms with E-state index in [2.05, 4.69) is 4.74 Å². The van der Waals surface area contributed by atoms with Gasteiger partial charge in [-0.25, -0.2) is 0 Å². The summed E-state index contributed by atoms with van der Waals surface area (Å²) in [6, 6.07) is 5.62. The Morgan fingerprint density at radius 1 is 1.33 bits per heavy atom. The maximum Gasteiger partial charge on any atom is 0.573 e. The SMILES string of the molecule is Cl.O=C(O)C1CCN(Cc2ccc(OC(F)(F)F)cc2)C1. The van der Waals surface area contributed by atoms with Gasteiger partial charge < -0.3 is 9.84 Å². The molecule has 0 bridgehead atoms. The maximum absolute atomic E-state index is 12.0. The molecule has 1 aromatic rings. The van der Waals surface area contributed by atoms with E-state index in [0.717, 1.165) is 5.56 Å². The van der Waals surface area contributed by atoms with Gasteiger partial charge in [0.05, 0.1) is 5.92 Å². The standard InChI is InChI=1S/C13H14F3NO3.ClH/c14-13(15,16)20-11-3-1-9(2-4-11)7-17-6-5-10(8-17)12(18)19;/h1-4,10H,5-8H2,(H,18,19);1H. The molecule has 21 heavy (non-hydrogen) atoms. The Bertz CT molecular complexity index is 479. The molecule has 1 heterocycles. The number of ether oxygens (including phenoxy) is 1. The topological polar surface area (TPSA) is 49.8 Å². The fraction of sp³-hybridized carbons (Fsp3) is 0.462. The van der Waals surface area contributed by atoms with Gasteiger partial charge in [0.1, 0.15) is 5.75 Å². The molecule has 118 valence electrons. The number of rotatable bonds is 4. The van der Waals surface area contributed by atoms with E-state index >= 15 is 0 Å². The van der Waals surface area contributed by atoms with Crippen LogP contribution in [0.1, 0.15) is 12.0 Å². The van der Waals surface area contributed by atoms with Crippen molar-refractivity contribution >= 4 is 18.4 Å². The molecule has 0 aromatic heterocycles.